The van der Waals surface area contributed by atoms with E-state index in [0.29, 0.717) is 12.1 Å². The van der Waals surface area contributed by atoms with Gasteiger partial charge in [-0.3, -0.25) is 9.59 Å². The number of halogens is 3. The van der Waals surface area contributed by atoms with Gasteiger partial charge in [0.2, 0.25) is 5.91 Å². The molecule has 0 radical (unpaired) electrons. The lowest BCUT2D eigenvalue weighted by Crippen LogP contribution is -2.24. The maximum atomic E-state index is 13.6. The molecule has 0 aliphatic heterocycles. The van der Waals surface area contributed by atoms with E-state index in [9.17, 15) is 22.8 Å². The molecular weight excluding hydrogens is 343 g/mol. The molecule has 5 nitrogen and oxygen atoms in total. The molecule has 1 heterocycles. The van der Waals surface area contributed by atoms with Gasteiger partial charge in [-0.25, -0.2) is 18.2 Å². The summed E-state index contributed by atoms with van der Waals surface area (Å²) in [5.74, 6) is -5.12. The van der Waals surface area contributed by atoms with E-state index in [-0.39, 0.29) is 10.7 Å². The van der Waals surface area contributed by atoms with Gasteiger partial charge in [-0.2, -0.15) is 0 Å². The molecule has 1 aromatic carbocycles. The summed E-state index contributed by atoms with van der Waals surface area (Å²) in [5.41, 5.74) is -0.237. The average Bonchev–Trinajstić information content (AvgIpc) is 2.54. The molecule has 0 aliphatic carbocycles. The molecule has 1 aromatic heterocycles. The maximum Gasteiger partial charge on any atom is 0.251 e. The van der Waals surface area contributed by atoms with Crippen molar-refractivity contribution in [2.45, 2.75) is 30.7 Å². The number of carbonyl (C=O) groups is 1. The summed E-state index contributed by atoms with van der Waals surface area (Å²) in [6, 6.07) is 3.00. The Labute approximate surface area is 139 Å². The van der Waals surface area contributed by atoms with Gasteiger partial charge in [0.25, 0.3) is 5.56 Å². The number of nitrogens with zero attached hydrogens (tertiary/aromatic N) is 1. The van der Waals surface area contributed by atoms with E-state index in [1.54, 1.807) is 0 Å². The summed E-state index contributed by atoms with van der Waals surface area (Å²) in [6.45, 7) is 3.34. The number of aryl methyl sites for hydroxylation is 1. The van der Waals surface area contributed by atoms with Crippen LogP contribution < -0.4 is 10.9 Å². The average molecular weight is 357 g/mol. The Hall–Kier alpha value is -2.29. The van der Waals surface area contributed by atoms with E-state index in [2.05, 4.69) is 15.3 Å². The minimum Gasteiger partial charge on any atom is -0.323 e. The number of rotatable bonds is 5. The number of aromatic nitrogens is 2. The van der Waals surface area contributed by atoms with E-state index in [4.69, 9.17) is 0 Å². The van der Waals surface area contributed by atoms with Gasteiger partial charge in [0, 0.05) is 11.8 Å². The van der Waals surface area contributed by atoms with Crippen LogP contribution in [-0.4, -0.2) is 21.1 Å². The third-order valence-corrected chi connectivity index (χ3v) is 4.07. The minimum absolute atomic E-state index is 0.243. The monoisotopic (exact) mass is 357 g/mol. The highest BCUT2D eigenvalue weighted by molar-refractivity contribution is 8.00. The highest BCUT2D eigenvalue weighted by Crippen LogP contribution is 2.23. The molecule has 1 unspecified atom stereocenters. The molecule has 2 aromatic rings. The predicted molar refractivity (Wildman–Crippen MR) is 84.5 cm³/mol. The minimum atomic E-state index is -1.66. The lowest BCUT2D eigenvalue weighted by molar-refractivity contribution is -0.115. The first-order chi connectivity index (χ1) is 11.3. The summed E-state index contributed by atoms with van der Waals surface area (Å²) >= 11 is 0.959. The van der Waals surface area contributed by atoms with E-state index in [1.807, 2.05) is 6.92 Å². The number of hydrogen-bond donors (Lipinski definition) is 2. The van der Waals surface area contributed by atoms with Crippen LogP contribution in [0.5, 0.6) is 0 Å². The maximum absolute atomic E-state index is 13.6. The van der Waals surface area contributed by atoms with Crippen LogP contribution in [0.15, 0.2) is 28.2 Å². The highest BCUT2D eigenvalue weighted by atomic mass is 32.2. The van der Waals surface area contributed by atoms with Crippen LogP contribution >= 0.6 is 11.8 Å². The number of amides is 1. The fourth-order valence-corrected chi connectivity index (χ4v) is 2.63. The van der Waals surface area contributed by atoms with Crippen molar-refractivity contribution >= 4 is 23.4 Å². The van der Waals surface area contributed by atoms with Gasteiger partial charge in [0.05, 0.1) is 10.9 Å². The summed E-state index contributed by atoms with van der Waals surface area (Å²) in [4.78, 5) is 30.2. The number of carbonyl (C=O) groups excluding carboxylic acids is 1. The normalized spacial score (nSPS) is 12.0. The Morgan fingerprint density at radius 2 is 2.04 bits per heavy atom. The molecule has 0 bridgehead atoms. The van der Waals surface area contributed by atoms with Crippen molar-refractivity contribution in [3.8, 4) is 0 Å². The molecule has 2 N–H and O–H groups in total. The summed E-state index contributed by atoms with van der Waals surface area (Å²) in [6.07, 6.45) is 0.554. The Kier molecular flexibility index (Phi) is 5.66. The molecule has 0 spiro atoms. The van der Waals surface area contributed by atoms with Gasteiger partial charge in [0.15, 0.2) is 22.6 Å². The fourth-order valence-electron chi connectivity index (χ4n) is 1.80. The van der Waals surface area contributed by atoms with Crippen LogP contribution in [0.4, 0.5) is 18.9 Å². The van der Waals surface area contributed by atoms with Crippen LogP contribution in [0.3, 0.4) is 0 Å². The predicted octanol–water partition coefficient (Wildman–Crippen LogP) is 2.87. The molecule has 0 aliphatic rings. The molecular formula is C15H14F3N3O2S. The number of thioether (sulfide) groups is 1. The summed E-state index contributed by atoms with van der Waals surface area (Å²) in [7, 11) is 0. The molecule has 2 rings (SSSR count). The van der Waals surface area contributed by atoms with Gasteiger partial charge in [0.1, 0.15) is 0 Å². The van der Waals surface area contributed by atoms with E-state index in [1.165, 1.54) is 13.0 Å². The third kappa shape index (κ3) is 4.16. The van der Waals surface area contributed by atoms with E-state index >= 15 is 0 Å². The standard InChI is InChI=1S/C15H14F3N3O2S/c1-3-8-6-11(22)21-15(19-8)24-7(2)14(23)20-10-5-4-9(16)12(17)13(10)18/h4-7H,3H2,1-2H3,(H,20,23)(H,19,21,22). The molecule has 24 heavy (non-hydrogen) atoms. The number of aromatic amines is 1. The Balaban J connectivity index is 2.12. The number of H-pyrrole nitrogens is 1. The van der Waals surface area contributed by atoms with E-state index < -0.39 is 34.3 Å². The smallest absolute Gasteiger partial charge is 0.251 e. The third-order valence-electron chi connectivity index (χ3n) is 3.09. The van der Waals surface area contributed by atoms with Crippen molar-refractivity contribution in [2.75, 3.05) is 5.32 Å². The molecule has 1 amide bonds. The lowest BCUT2D eigenvalue weighted by Gasteiger charge is -2.12. The van der Waals surface area contributed by atoms with Crippen LogP contribution in [0.1, 0.15) is 19.5 Å². The number of nitrogens with one attached hydrogen (secondary N) is 2. The van der Waals surface area contributed by atoms with Gasteiger partial charge in [-0.05, 0) is 25.5 Å². The zero-order valence-electron chi connectivity index (χ0n) is 12.8. The van der Waals surface area contributed by atoms with Gasteiger partial charge < -0.3 is 10.3 Å². The molecule has 0 saturated heterocycles. The lowest BCUT2D eigenvalue weighted by atomic mass is 10.2. The first-order valence-corrected chi connectivity index (χ1v) is 7.91. The van der Waals surface area contributed by atoms with Gasteiger partial charge in [-0.15, -0.1) is 0 Å². The van der Waals surface area contributed by atoms with Gasteiger partial charge in [-0.1, -0.05) is 18.7 Å². The van der Waals surface area contributed by atoms with Crippen molar-refractivity contribution < 1.29 is 18.0 Å². The number of anilines is 1. The molecule has 128 valence electrons. The molecule has 9 heteroatoms. The van der Waals surface area contributed by atoms with Crippen molar-refractivity contribution in [1.29, 1.82) is 0 Å². The van der Waals surface area contributed by atoms with Crippen molar-refractivity contribution in [1.82, 2.24) is 9.97 Å². The SMILES string of the molecule is CCc1cc(=O)[nH]c(SC(C)C(=O)Nc2ccc(F)c(F)c2F)n1. The fraction of sp³-hybridized carbons (Fsp3) is 0.267. The summed E-state index contributed by atoms with van der Waals surface area (Å²) in [5, 5.41) is 1.67. The van der Waals surface area contributed by atoms with Crippen molar-refractivity contribution in [3.63, 3.8) is 0 Å². The van der Waals surface area contributed by atoms with Crippen LogP contribution in [0.25, 0.3) is 0 Å². The van der Waals surface area contributed by atoms with E-state index in [0.717, 1.165) is 23.9 Å². The van der Waals surface area contributed by atoms with Crippen LogP contribution in [0.2, 0.25) is 0 Å². The van der Waals surface area contributed by atoms with Crippen LogP contribution in [-0.2, 0) is 11.2 Å². The molecule has 0 fully saturated rings. The number of hydrogen-bond acceptors (Lipinski definition) is 4. The second-order valence-corrected chi connectivity index (χ2v) is 6.20. The Morgan fingerprint density at radius 1 is 1.33 bits per heavy atom. The van der Waals surface area contributed by atoms with Crippen LogP contribution in [0, 0.1) is 17.5 Å². The van der Waals surface area contributed by atoms with Gasteiger partial charge >= 0.3 is 0 Å². The Bertz CT molecular complexity index is 826. The first kappa shape index (κ1) is 18.1. The van der Waals surface area contributed by atoms with Crippen molar-refractivity contribution in [3.05, 3.63) is 51.7 Å². The second kappa shape index (κ2) is 7.52. The largest absolute Gasteiger partial charge is 0.323 e. The quantitative estimate of drug-likeness (QED) is 0.490. The topological polar surface area (TPSA) is 74.8 Å². The zero-order valence-corrected chi connectivity index (χ0v) is 13.6. The molecule has 1 atom stereocenters. The number of benzene rings is 1. The van der Waals surface area contributed by atoms with Crippen molar-refractivity contribution in [2.24, 2.45) is 0 Å². The highest BCUT2D eigenvalue weighted by Gasteiger charge is 2.20. The zero-order chi connectivity index (χ0) is 17.9. The second-order valence-electron chi connectivity index (χ2n) is 4.87. The molecule has 0 saturated carbocycles. The Morgan fingerprint density at radius 3 is 2.71 bits per heavy atom. The summed E-state index contributed by atoms with van der Waals surface area (Å²) < 4.78 is 39.6. The first-order valence-electron chi connectivity index (χ1n) is 7.03.